The lowest BCUT2D eigenvalue weighted by Gasteiger charge is -2.22. The van der Waals surface area contributed by atoms with Crippen molar-refractivity contribution >= 4 is 35.0 Å². The van der Waals surface area contributed by atoms with Gasteiger partial charge in [0.05, 0.1) is 25.8 Å². The number of aromatic nitrogens is 2. The van der Waals surface area contributed by atoms with E-state index in [-0.39, 0.29) is 12.3 Å². The maximum absolute atomic E-state index is 12.6. The first-order chi connectivity index (χ1) is 17.3. The lowest BCUT2D eigenvalue weighted by Crippen LogP contribution is -2.28. The number of rotatable bonds is 7. The van der Waals surface area contributed by atoms with Crippen molar-refractivity contribution in [1.29, 1.82) is 0 Å². The van der Waals surface area contributed by atoms with Gasteiger partial charge in [0, 0.05) is 35.4 Å². The van der Waals surface area contributed by atoms with Crippen LogP contribution in [0.15, 0.2) is 48.5 Å². The van der Waals surface area contributed by atoms with E-state index in [1.807, 2.05) is 69.0 Å². The monoisotopic (exact) mass is 489 g/mol. The fraction of sp³-hybridized carbons (Fsp3) is 0.333. The molecule has 2 amide bonds. The Bertz CT molecular complexity index is 1240. The second-order valence-electron chi connectivity index (χ2n) is 8.76. The number of benzene rings is 2. The Morgan fingerprint density at radius 1 is 1.08 bits per heavy atom. The Morgan fingerprint density at radius 3 is 2.42 bits per heavy atom. The lowest BCUT2D eigenvalue weighted by atomic mass is 10.1. The molecule has 1 aliphatic heterocycles. The summed E-state index contributed by atoms with van der Waals surface area (Å²) in [6, 6.07) is 14.9. The van der Waals surface area contributed by atoms with E-state index < -0.39 is 12.2 Å². The third kappa shape index (κ3) is 5.56. The normalized spacial score (nSPS) is 15.1. The van der Waals surface area contributed by atoms with E-state index in [2.05, 4.69) is 15.3 Å². The average Bonchev–Trinajstić information content (AvgIpc) is 3.19. The predicted octanol–water partition coefficient (Wildman–Crippen LogP) is 4.92. The van der Waals surface area contributed by atoms with Gasteiger partial charge in [0.2, 0.25) is 11.9 Å². The Kier molecular flexibility index (Phi) is 7.38. The van der Waals surface area contributed by atoms with Crippen molar-refractivity contribution in [2.75, 3.05) is 35.3 Å². The minimum Gasteiger partial charge on any atom is -0.497 e. The Morgan fingerprint density at radius 2 is 1.78 bits per heavy atom. The maximum atomic E-state index is 12.6. The molecular formula is C27H31N5O4. The summed E-state index contributed by atoms with van der Waals surface area (Å²) < 4.78 is 10.8. The number of hydrogen-bond acceptors (Lipinski definition) is 7. The van der Waals surface area contributed by atoms with Crippen LogP contribution < -0.4 is 19.9 Å². The molecule has 9 heteroatoms. The number of anilines is 4. The lowest BCUT2D eigenvalue weighted by molar-refractivity contribution is -0.117. The van der Waals surface area contributed by atoms with Gasteiger partial charge in [-0.25, -0.2) is 14.8 Å². The third-order valence-corrected chi connectivity index (χ3v) is 6.02. The zero-order valence-corrected chi connectivity index (χ0v) is 21.2. The van der Waals surface area contributed by atoms with E-state index in [1.165, 1.54) is 0 Å². The van der Waals surface area contributed by atoms with Crippen LogP contribution in [0.25, 0.3) is 0 Å². The number of nitrogens with zero attached hydrogens (tertiary/aromatic N) is 4. The van der Waals surface area contributed by atoms with Gasteiger partial charge in [-0.3, -0.25) is 10.1 Å². The molecule has 3 aromatic rings. The van der Waals surface area contributed by atoms with Crippen LogP contribution in [0.5, 0.6) is 5.75 Å². The van der Waals surface area contributed by atoms with Crippen LogP contribution in [0.1, 0.15) is 30.3 Å². The molecule has 1 fully saturated rings. The quantitative estimate of drug-likeness (QED) is 0.503. The number of ether oxygens (including phenoxy) is 2. The largest absolute Gasteiger partial charge is 0.497 e. The first kappa shape index (κ1) is 25.0. The summed E-state index contributed by atoms with van der Waals surface area (Å²) in [6.45, 7) is 8.83. The summed E-state index contributed by atoms with van der Waals surface area (Å²) in [7, 11) is 1.58. The average molecular weight is 490 g/mol. The van der Waals surface area contributed by atoms with E-state index in [0.717, 1.165) is 28.3 Å². The van der Waals surface area contributed by atoms with Crippen LogP contribution in [0.4, 0.5) is 27.8 Å². The molecule has 0 saturated carbocycles. The molecule has 9 nitrogen and oxygen atoms in total. The molecule has 2 heterocycles. The van der Waals surface area contributed by atoms with Gasteiger partial charge < -0.3 is 19.3 Å². The fourth-order valence-corrected chi connectivity index (χ4v) is 4.28. The van der Waals surface area contributed by atoms with Crippen molar-refractivity contribution in [2.24, 2.45) is 0 Å². The molecule has 36 heavy (non-hydrogen) atoms. The van der Waals surface area contributed by atoms with Crippen molar-refractivity contribution in [3.63, 3.8) is 0 Å². The first-order valence-electron chi connectivity index (χ1n) is 11.9. The number of methoxy groups -OCH3 is 1. The highest BCUT2D eigenvalue weighted by Gasteiger charge is 2.34. The number of nitrogens with one attached hydrogen (secondary N) is 1. The molecule has 0 radical (unpaired) electrons. The van der Waals surface area contributed by atoms with E-state index in [4.69, 9.17) is 9.47 Å². The van der Waals surface area contributed by atoms with Gasteiger partial charge in [0.25, 0.3) is 0 Å². The zero-order chi connectivity index (χ0) is 25.8. The molecule has 1 aliphatic rings. The molecule has 1 aromatic heterocycles. The van der Waals surface area contributed by atoms with Crippen LogP contribution in [0, 0.1) is 20.8 Å². The van der Waals surface area contributed by atoms with Crippen molar-refractivity contribution in [3.05, 3.63) is 65.5 Å². The second kappa shape index (κ2) is 10.6. The van der Waals surface area contributed by atoms with Gasteiger partial charge in [0.1, 0.15) is 11.9 Å². The van der Waals surface area contributed by atoms with E-state index in [9.17, 15) is 9.59 Å². The molecule has 2 aromatic carbocycles. The SMILES string of the molecule is CCN(c1ccc(NC(=O)OC2CC(=O)N(c3cc(OC)ccc3C)C2)cc1)c1nc(C)cc(C)n1. The molecule has 1 atom stereocenters. The smallest absolute Gasteiger partial charge is 0.411 e. The van der Waals surface area contributed by atoms with Gasteiger partial charge in [-0.05, 0) is 69.7 Å². The number of amides is 2. The van der Waals surface area contributed by atoms with Crippen LogP contribution in [0.3, 0.4) is 0 Å². The van der Waals surface area contributed by atoms with Gasteiger partial charge in [-0.1, -0.05) is 6.07 Å². The standard InChI is InChI=1S/C27H31N5O4/c1-6-31(26-28-18(3)13-19(4)29-26)21-10-8-20(9-11-21)30-27(34)36-23-15-25(33)32(16-23)24-14-22(35-5)12-7-17(24)2/h7-14,23H,6,15-16H2,1-5H3,(H,30,34). The van der Waals surface area contributed by atoms with Crippen LogP contribution in [-0.2, 0) is 9.53 Å². The van der Waals surface area contributed by atoms with Crippen LogP contribution in [-0.4, -0.2) is 48.3 Å². The van der Waals surface area contributed by atoms with Crippen molar-refractivity contribution in [1.82, 2.24) is 9.97 Å². The second-order valence-corrected chi connectivity index (χ2v) is 8.76. The Balaban J connectivity index is 1.38. The maximum Gasteiger partial charge on any atom is 0.411 e. The predicted molar refractivity (Wildman–Crippen MR) is 139 cm³/mol. The molecule has 1 saturated heterocycles. The molecule has 0 aliphatic carbocycles. The summed E-state index contributed by atoms with van der Waals surface area (Å²) >= 11 is 0. The summed E-state index contributed by atoms with van der Waals surface area (Å²) in [5.74, 6) is 1.21. The molecule has 1 unspecified atom stereocenters. The van der Waals surface area contributed by atoms with Crippen LogP contribution in [0.2, 0.25) is 0 Å². The van der Waals surface area contributed by atoms with Crippen molar-refractivity contribution < 1.29 is 19.1 Å². The van der Waals surface area contributed by atoms with Gasteiger partial charge >= 0.3 is 6.09 Å². The molecule has 0 spiro atoms. The summed E-state index contributed by atoms with van der Waals surface area (Å²) in [5, 5.41) is 2.75. The minimum absolute atomic E-state index is 0.0956. The minimum atomic E-state index is -0.602. The highest BCUT2D eigenvalue weighted by molar-refractivity contribution is 5.97. The zero-order valence-electron chi connectivity index (χ0n) is 21.2. The highest BCUT2D eigenvalue weighted by Crippen LogP contribution is 2.30. The summed E-state index contributed by atoms with van der Waals surface area (Å²) in [5.41, 5.74) is 5.01. The number of hydrogen-bond donors (Lipinski definition) is 1. The molecule has 188 valence electrons. The van der Waals surface area contributed by atoms with Crippen molar-refractivity contribution in [3.8, 4) is 5.75 Å². The molecular weight excluding hydrogens is 458 g/mol. The van der Waals surface area contributed by atoms with Gasteiger partial charge in [-0.15, -0.1) is 0 Å². The van der Waals surface area contributed by atoms with Crippen molar-refractivity contribution in [2.45, 2.75) is 40.2 Å². The third-order valence-electron chi connectivity index (χ3n) is 6.02. The summed E-state index contributed by atoms with van der Waals surface area (Å²) in [4.78, 5) is 37.9. The first-order valence-corrected chi connectivity index (χ1v) is 11.9. The Labute approximate surface area is 211 Å². The van der Waals surface area contributed by atoms with E-state index in [1.54, 1.807) is 24.1 Å². The highest BCUT2D eigenvalue weighted by atomic mass is 16.6. The molecule has 4 rings (SSSR count). The summed E-state index contributed by atoms with van der Waals surface area (Å²) in [6.07, 6.45) is -1.01. The number of carbonyl (C=O) groups excluding carboxylic acids is 2. The molecule has 0 bridgehead atoms. The van der Waals surface area contributed by atoms with Gasteiger partial charge in [-0.2, -0.15) is 0 Å². The topological polar surface area (TPSA) is 96.9 Å². The number of carbonyl (C=O) groups is 2. The Hall–Kier alpha value is -4.14. The number of aryl methyl sites for hydroxylation is 3. The van der Waals surface area contributed by atoms with E-state index in [0.29, 0.717) is 30.5 Å². The fourth-order valence-electron chi connectivity index (χ4n) is 4.28. The molecule has 1 N–H and O–H groups in total. The van der Waals surface area contributed by atoms with Crippen LogP contribution >= 0.6 is 0 Å². The van der Waals surface area contributed by atoms with E-state index >= 15 is 0 Å². The van der Waals surface area contributed by atoms with Gasteiger partial charge in [0.15, 0.2) is 0 Å².